The van der Waals surface area contributed by atoms with Crippen LogP contribution in [0.2, 0.25) is 0 Å². The Bertz CT molecular complexity index is 1590. The fraction of sp³-hybridized carbons (Fsp3) is 0.219. The van der Waals surface area contributed by atoms with Crippen molar-refractivity contribution < 1.29 is 14.0 Å². The number of fused-ring (bicyclic) bond motifs is 9. The van der Waals surface area contributed by atoms with Crippen molar-refractivity contribution in [2.75, 3.05) is 0 Å². The molecule has 1 saturated heterocycles. The van der Waals surface area contributed by atoms with Gasteiger partial charge in [-0.3, -0.25) is 0 Å². The second-order valence-electron chi connectivity index (χ2n) is 11.1. The van der Waals surface area contributed by atoms with Gasteiger partial charge in [-0.15, -0.1) is 0 Å². The molecule has 0 N–H and O–H groups in total. The van der Waals surface area contributed by atoms with Gasteiger partial charge in [-0.1, -0.05) is 60.7 Å². The van der Waals surface area contributed by atoms with Gasteiger partial charge in [-0.25, -0.2) is 0 Å². The lowest BCUT2D eigenvalue weighted by atomic mass is 9.64. The summed E-state index contributed by atoms with van der Waals surface area (Å²) in [7, 11) is -0.476. The van der Waals surface area contributed by atoms with E-state index in [1.807, 2.05) is 36.4 Å². The van der Waals surface area contributed by atoms with Crippen molar-refractivity contribution in [1.29, 1.82) is 5.26 Å². The highest BCUT2D eigenvalue weighted by molar-refractivity contribution is 6.62. The first kappa shape index (κ1) is 22.4. The van der Waals surface area contributed by atoms with E-state index < -0.39 is 23.7 Å². The summed E-state index contributed by atoms with van der Waals surface area (Å²) in [6.45, 7) is 8.30. The van der Waals surface area contributed by atoms with E-state index in [0.717, 1.165) is 50.3 Å². The van der Waals surface area contributed by atoms with Crippen molar-refractivity contribution >= 4 is 12.6 Å². The molecule has 0 bridgehead atoms. The van der Waals surface area contributed by atoms with Gasteiger partial charge in [-0.05, 0) is 79.7 Å². The van der Waals surface area contributed by atoms with Crippen molar-refractivity contribution in [2.24, 2.45) is 0 Å². The van der Waals surface area contributed by atoms with E-state index in [9.17, 15) is 5.26 Å². The van der Waals surface area contributed by atoms with E-state index in [1.165, 1.54) is 0 Å². The van der Waals surface area contributed by atoms with Crippen LogP contribution in [0, 0.1) is 11.3 Å². The zero-order valence-electron chi connectivity index (χ0n) is 21.3. The van der Waals surface area contributed by atoms with Crippen molar-refractivity contribution in [3.63, 3.8) is 0 Å². The molecule has 0 atom stereocenters. The summed E-state index contributed by atoms with van der Waals surface area (Å²) >= 11 is 0. The van der Waals surface area contributed by atoms with Crippen LogP contribution in [0.1, 0.15) is 55.5 Å². The fourth-order valence-electron chi connectivity index (χ4n) is 6.11. The molecule has 2 heterocycles. The zero-order valence-corrected chi connectivity index (χ0v) is 21.3. The molecule has 4 aromatic rings. The third-order valence-corrected chi connectivity index (χ3v) is 8.62. The Hall–Kier alpha value is -3.85. The van der Waals surface area contributed by atoms with Crippen LogP contribution in [0.4, 0.5) is 0 Å². The maximum absolute atomic E-state index is 9.84. The number of ether oxygens (including phenoxy) is 1. The summed E-state index contributed by atoms with van der Waals surface area (Å²) < 4.78 is 19.3. The molecule has 1 fully saturated rings. The Kier molecular flexibility index (Phi) is 4.44. The molecule has 0 unspecified atom stereocenters. The Morgan fingerprint density at radius 2 is 1.19 bits per heavy atom. The van der Waals surface area contributed by atoms with Gasteiger partial charge in [0.25, 0.3) is 0 Å². The molecule has 37 heavy (non-hydrogen) atoms. The van der Waals surface area contributed by atoms with E-state index in [1.54, 1.807) is 0 Å². The van der Waals surface area contributed by atoms with Gasteiger partial charge in [0, 0.05) is 11.1 Å². The molecular formula is C32H26BNO3. The van der Waals surface area contributed by atoms with E-state index in [2.05, 4.69) is 82.3 Å². The summed E-state index contributed by atoms with van der Waals surface area (Å²) in [6.07, 6.45) is 0. The van der Waals surface area contributed by atoms with Crippen molar-refractivity contribution in [1.82, 2.24) is 0 Å². The average molecular weight is 483 g/mol. The lowest BCUT2D eigenvalue weighted by Crippen LogP contribution is -2.41. The lowest BCUT2D eigenvalue weighted by Gasteiger charge is -2.39. The van der Waals surface area contributed by atoms with Gasteiger partial charge in [-0.2, -0.15) is 5.26 Å². The van der Waals surface area contributed by atoms with E-state index in [-0.39, 0.29) is 0 Å². The second kappa shape index (κ2) is 7.35. The Morgan fingerprint density at radius 1 is 0.649 bits per heavy atom. The molecule has 1 spiro atoms. The maximum Gasteiger partial charge on any atom is 0.494 e. The number of hydrogen-bond donors (Lipinski definition) is 0. The normalized spacial score (nSPS) is 18.8. The Morgan fingerprint density at radius 3 is 1.78 bits per heavy atom. The number of nitrogens with zero attached hydrogens (tertiary/aromatic N) is 1. The Labute approximate surface area is 217 Å². The van der Waals surface area contributed by atoms with Crippen molar-refractivity contribution in [3.05, 3.63) is 113 Å². The number of rotatable bonds is 1. The predicted molar refractivity (Wildman–Crippen MR) is 144 cm³/mol. The third-order valence-electron chi connectivity index (χ3n) is 8.62. The SMILES string of the molecule is CC1(C)OB(c2ccc3c(c2)C2(c4ccccc4Oc4ccccc42)c2cc(C#N)ccc2-3)OC1(C)C. The quantitative estimate of drug-likeness (QED) is 0.257. The molecule has 0 radical (unpaired) electrons. The molecule has 3 aliphatic rings. The van der Waals surface area contributed by atoms with Crippen LogP contribution < -0.4 is 10.2 Å². The topological polar surface area (TPSA) is 51.5 Å². The van der Waals surface area contributed by atoms with E-state index >= 15 is 0 Å². The number of hydrogen-bond acceptors (Lipinski definition) is 4. The average Bonchev–Trinajstić information content (AvgIpc) is 3.30. The minimum atomic E-state index is -0.636. The van der Waals surface area contributed by atoms with Gasteiger partial charge in [0.15, 0.2) is 0 Å². The highest BCUT2D eigenvalue weighted by Gasteiger charge is 2.54. The standard InChI is InChI=1S/C32H26BNO3/c1-30(2)31(3,4)37-33(36-30)21-14-16-23-22-15-13-20(19-34)17-26(22)32(27(23)18-21)24-9-5-7-11-28(24)35-29-12-8-6-10-25(29)32/h5-18H,1-4H3. The first-order valence-corrected chi connectivity index (χ1v) is 12.7. The summed E-state index contributed by atoms with van der Waals surface area (Å²) in [5, 5.41) is 9.84. The number of benzene rings is 4. The van der Waals surface area contributed by atoms with Crippen LogP contribution in [0.25, 0.3) is 11.1 Å². The molecule has 4 nitrogen and oxygen atoms in total. The monoisotopic (exact) mass is 483 g/mol. The minimum absolute atomic E-state index is 0.434. The van der Waals surface area contributed by atoms with Crippen molar-refractivity contribution in [2.45, 2.75) is 44.3 Å². The summed E-state index contributed by atoms with van der Waals surface area (Å²) in [5.74, 6) is 1.65. The zero-order chi connectivity index (χ0) is 25.6. The largest absolute Gasteiger partial charge is 0.494 e. The number of nitriles is 1. The van der Waals surface area contributed by atoms with Gasteiger partial charge in [0.05, 0.1) is 28.2 Å². The molecule has 7 rings (SSSR count). The molecule has 0 saturated carbocycles. The third kappa shape index (κ3) is 2.86. The summed E-state index contributed by atoms with van der Waals surface area (Å²) in [5.41, 5.74) is 6.75. The lowest BCUT2D eigenvalue weighted by molar-refractivity contribution is 0.00578. The molecule has 1 aliphatic carbocycles. The second-order valence-corrected chi connectivity index (χ2v) is 11.1. The molecule has 180 valence electrons. The van der Waals surface area contributed by atoms with Crippen LogP contribution in [-0.2, 0) is 14.7 Å². The van der Waals surface area contributed by atoms with Crippen molar-refractivity contribution in [3.8, 4) is 28.7 Å². The fourth-order valence-corrected chi connectivity index (χ4v) is 6.11. The Balaban J connectivity index is 1.56. The summed E-state index contributed by atoms with van der Waals surface area (Å²) in [6, 6.07) is 31.4. The van der Waals surface area contributed by atoms with E-state index in [0.29, 0.717) is 5.56 Å². The molecule has 5 heteroatoms. The summed E-state index contributed by atoms with van der Waals surface area (Å²) in [4.78, 5) is 0. The first-order valence-electron chi connectivity index (χ1n) is 12.7. The van der Waals surface area contributed by atoms with Gasteiger partial charge in [0.2, 0.25) is 0 Å². The van der Waals surface area contributed by atoms with Gasteiger partial charge in [0.1, 0.15) is 11.5 Å². The smallest absolute Gasteiger partial charge is 0.457 e. The van der Waals surface area contributed by atoms with Crippen LogP contribution in [0.5, 0.6) is 11.5 Å². The predicted octanol–water partition coefficient (Wildman–Crippen LogP) is 6.33. The van der Waals surface area contributed by atoms with Gasteiger partial charge < -0.3 is 14.0 Å². The molecule has 0 amide bonds. The van der Waals surface area contributed by atoms with Crippen LogP contribution in [0.3, 0.4) is 0 Å². The number of para-hydroxylation sites is 2. The van der Waals surface area contributed by atoms with Gasteiger partial charge >= 0.3 is 7.12 Å². The molecule has 4 aromatic carbocycles. The highest BCUT2D eigenvalue weighted by Crippen LogP contribution is 2.61. The van der Waals surface area contributed by atoms with Crippen LogP contribution in [-0.4, -0.2) is 18.3 Å². The highest BCUT2D eigenvalue weighted by atomic mass is 16.7. The van der Waals surface area contributed by atoms with Crippen LogP contribution in [0.15, 0.2) is 84.9 Å². The molecule has 2 aliphatic heterocycles. The molecule has 0 aromatic heterocycles. The van der Waals surface area contributed by atoms with E-state index in [4.69, 9.17) is 14.0 Å². The first-order chi connectivity index (χ1) is 17.8. The molecular weight excluding hydrogens is 457 g/mol. The maximum atomic E-state index is 9.84. The minimum Gasteiger partial charge on any atom is -0.457 e. The van der Waals surface area contributed by atoms with Crippen LogP contribution >= 0.6 is 0 Å².